The van der Waals surface area contributed by atoms with Crippen LogP contribution in [0.1, 0.15) is 332 Å². The van der Waals surface area contributed by atoms with Crippen molar-refractivity contribution in [3.05, 3.63) is 0 Å². The number of unbranched alkanes of at least 4 members (excludes halogenated alkanes) is 30. The van der Waals surface area contributed by atoms with Gasteiger partial charge in [-0.3, -0.25) is 14.4 Å². The standard InChI is InChI=1S/C69H135N3O6/c1-10-16-22-28-34-40-49-70(50-41-35-29-23-17-11-2)55-46-61(7)76-67(73)64-58-65(68(74)77-62(8)47-56-71(51-42-36-30-24-18-12-3)52-43-37-31-25-19-13-4)60-66(59-64)69(75)78-63(9)48-57-72(53-44-38-32-26-20-14-5)54-45-39-33-27-21-15-6/h61-66H,10-60H2,1-9H3/t61?,62?,63?,64-,65+,66-. The molecular formula is C69H135N3O6. The molecule has 9 nitrogen and oxygen atoms in total. The Hall–Kier alpha value is -1.71. The maximum atomic E-state index is 14.3. The molecule has 0 amide bonds. The highest BCUT2D eigenvalue weighted by molar-refractivity contribution is 5.80. The quantitative estimate of drug-likeness (QED) is 0.0336. The minimum absolute atomic E-state index is 0.252. The van der Waals surface area contributed by atoms with E-state index in [9.17, 15) is 14.4 Å². The Labute approximate surface area is 486 Å². The predicted octanol–water partition coefficient (Wildman–Crippen LogP) is 19.1. The van der Waals surface area contributed by atoms with Gasteiger partial charge in [0.05, 0.1) is 17.8 Å². The molecule has 0 heterocycles. The van der Waals surface area contributed by atoms with E-state index in [0.29, 0.717) is 19.3 Å². The lowest BCUT2D eigenvalue weighted by atomic mass is 9.75. The van der Waals surface area contributed by atoms with Gasteiger partial charge >= 0.3 is 17.9 Å². The van der Waals surface area contributed by atoms with Gasteiger partial charge in [-0.1, -0.05) is 234 Å². The zero-order chi connectivity index (χ0) is 57.1. The van der Waals surface area contributed by atoms with Crippen LogP contribution in [0.5, 0.6) is 0 Å². The van der Waals surface area contributed by atoms with E-state index in [-0.39, 0.29) is 36.2 Å². The van der Waals surface area contributed by atoms with Crippen molar-refractivity contribution in [3.63, 3.8) is 0 Å². The first kappa shape index (κ1) is 74.3. The SMILES string of the molecule is CCCCCCCCN(CCCCCCCC)CCC(C)OC(=O)[C@H]1C[C@@H](C(=O)OC(C)CCN(CCCCCCCC)CCCCCCCC)C[C@@H](C(=O)OC(C)CCN(CCCCCCCC)CCCCCCCC)C1. The maximum Gasteiger partial charge on any atom is 0.309 e. The summed E-state index contributed by atoms with van der Waals surface area (Å²) in [5.74, 6) is -2.51. The van der Waals surface area contributed by atoms with Crippen molar-refractivity contribution in [1.82, 2.24) is 14.7 Å². The van der Waals surface area contributed by atoms with E-state index >= 15 is 0 Å². The summed E-state index contributed by atoms with van der Waals surface area (Å²) in [7, 11) is 0. The van der Waals surface area contributed by atoms with Gasteiger partial charge in [0.1, 0.15) is 18.3 Å². The fourth-order valence-corrected chi connectivity index (χ4v) is 11.8. The third kappa shape index (κ3) is 42.2. The summed E-state index contributed by atoms with van der Waals surface area (Å²) in [5.41, 5.74) is 0. The van der Waals surface area contributed by atoms with Crippen LogP contribution in [0.2, 0.25) is 0 Å². The van der Waals surface area contributed by atoms with Gasteiger partial charge in [0, 0.05) is 19.6 Å². The Morgan fingerprint density at radius 2 is 0.449 bits per heavy atom. The second kappa shape index (κ2) is 53.3. The van der Waals surface area contributed by atoms with Crippen molar-refractivity contribution in [1.29, 1.82) is 0 Å². The monoisotopic (exact) mass is 1100 g/mol. The lowest BCUT2D eigenvalue weighted by Gasteiger charge is -2.33. The van der Waals surface area contributed by atoms with Gasteiger partial charge in [-0.25, -0.2) is 0 Å². The molecule has 0 aromatic rings. The Bertz CT molecular complexity index is 1140. The van der Waals surface area contributed by atoms with Crippen molar-refractivity contribution in [3.8, 4) is 0 Å². The normalized spacial score (nSPS) is 17.0. The molecule has 1 aliphatic rings. The number of carbonyl (C=O) groups excluding carboxylic acids is 3. The van der Waals surface area contributed by atoms with Gasteiger partial charge < -0.3 is 28.9 Å². The molecular weight excluding hydrogens is 967 g/mol. The zero-order valence-corrected chi connectivity index (χ0v) is 53.8. The fourth-order valence-electron chi connectivity index (χ4n) is 11.8. The van der Waals surface area contributed by atoms with Crippen LogP contribution in [0, 0.1) is 17.8 Å². The van der Waals surface area contributed by atoms with Crippen LogP contribution in [0.15, 0.2) is 0 Å². The summed E-state index contributed by atoms with van der Waals surface area (Å²) in [6.45, 7) is 29.1. The van der Waals surface area contributed by atoms with Gasteiger partial charge in [0.15, 0.2) is 0 Å². The molecule has 462 valence electrons. The van der Waals surface area contributed by atoms with Crippen LogP contribution < -0.4 is 0 Å². The summed E-state index contributed by atoms with van der Waals surface area (Å²) >= 11 is 0. The van der Waals surface area contributed by atoms with Gasteiger partial charge in [-0.15, -0.1) is 0 Å². The molecule has 78 heavy (non-hydrogen) atoms. The van der Waals surface area contributed by atoms with E-state index in [1.165, 1.54) is 231 Å². The van der Waals surface area contributed by atoms with E-state index in [0.717, 1.165) is 78.2 Å². The molecule has 1 fully saturated rings. The summed E-state index contributed by atoms with van der Waals surface area (Å²) < 4.78 is 18.9. The number of esters is 3. The van der Waals surface area contributed by atoms with Crippen molar-refractivity contribution < 1.29 is 28.6 Å². The average Bonchev–Trinajstić information content (AvgIpc) is 3.44. The van der Waals surface area contributed by atoms with Crippen molar-refractivity contribution in [2.45, 2.75) is 350 Å². The van der Waals surface area contributed by atoms with Crippen LogP contribution >= 0.6 is 0 Å². The molecule has 0 radical (unpaired) electrons. The van der Waals surface area contributed by atoms with Crippen LogP contribution in [-0.4, -0.2) is 110 Å². The summed E-state index contributed by atoms with van der Waals surface area (Å²) in [6, 6.07) is 0. The highest BCUT2D eigenvalue weighted by atomic mass is 16.6. The lowest BCUT2D eigenvalue weighted by molar-refractivity contribution is -0.166. The molecule has 0 N–H and O–H groups in total. The minimum atomic E-state index is -0.556. The average molecular weight is 1100 g/mol. The van der Waals surface area contributed by atoms with E-state index in [1.807, 2.05) is 20.8 Å². The van der Waals surface area contributed by atoms with Crippen LogP contribution in [0.4, 0.5) is 0 Å². The second-order valence-corrected chi connectivity index (χ2v) is 25.0. The molecule has 0 aromatic carbocycles. The molecule has 3 atom stereocenters. The molecule has 1 aliphatic carbocycles. The van der Waals surface area contributed by atoms with E-state index in [2.05, 4.69) is 56.2 Å². The van der Waals surface area contributed by atoms with E-state index in [1.54, 1.807) is 0 Å². The summed E-state index contributed by atoms with van der Waals surface area (Å²) in [4.78, 5) is 50.6. The van der Waals surface area contributed by atoms with Gasteiger partial charge in [0.25, 0.3) is 0 Å². The van der Waals surface area contributed by atoms with Crippen LogP contribution in [0.3, 0.4) is 0 Å². The summed E-state index contributed by atoms with van der Waals surface area (Å²) in [6.07, 6.45) is 49.0. The topological polar surface area (TPSA) is 88.6 Å². The molecule has 0 aliphatic heterocycles. The predicted molar refractivity (Wildman–Crippen MR) is 334 cm³/mol. The largest absolute Gasteiger partial charge is 0.462 e. The molecule has 3 unspecified atom stereocenters. The number of hydrogen-bond donors (Lipinski definition) is 0. The van der Waals surface area contributed by atoms with E-state index < -0.39 is 17.8 Å². The zero-order valence-electron chi connectivity index (χ0n) is 53.8. The number of ether oxygens (including phenoxy) is 3. The first-order chi connectivity index (χ1) is 38.0. The van der Waals surface area contributed by atoms with Crippen molar-refractivity contribution in [2.75, 3.05) is 58.9 Å². The molecule has 0 aromatic heterocycles. The molecule has 1 saturated carbocycles. The van der Waals surface area contributed by atoms with E-state index in [4.69, 9.17) is 14.2 Å². The third-order valence-corrected chi connectivity index (χ3v) is 17.2. The molecule has 0 saturated heterocycles. The lowest BCUT2D eigenvalue weighted by Crippen LogP contribution is -2.39. The van der Waals surface area contributed by atoms with Crippen molar-refractivity contribution in [2.24, 2.45) is 17.8 Å². The minimum Gasteiger partial charge on any atom is -0.462 e. The molecule has 0 bridgehead atoms. The molecule has 1 rings (SSSR count). The van der Waals surface area contributed by atoms with Gasteiger partial charge in [-0.05, 0) is 137 Å². The third-order valence-electron chi connectivity index (χ3n) is 17.2. The number of carbonyl (C=O) groups is 3. The summed E-state index contributed by atoms with van der Waals surface area (Å²) in [5, 5.41) is 0. The number of rotatable bonds is 57. The number of hydrogen-bond acceptors (Lipinski definition) is 9. The van der Waals surface area contributed by atoms with Gasteiger partial charge in [0.2, 0.25) is 0 Å². The maximum absolute atomic E-state index is 14.3. The Balaban J connectivity index is 3.14. The second-order valence-electron chi connectivity index (χ2n) is 25.0. The highest BCUT2D eigenvalue weighted by Gasteiger charge is 2.42. The Morgan fingerprint density at radius 3 is 0.628 bits per heavy atom. The fraction of sp³-hybridized carbons (Fsp3) is 0.957. The molecule has 0 spiro atoms. The van der Waals surface area contributed by atoms with Crippen LogP contribution in [-0.2, 0) is 28.6 Å². The highest BCUT2D eigenvalue weighted by Crippen LogP contribution is 2.37. The number of nitrogens with zero attached hydrogens (tertiary/aromatic N) is 3. The van der Waals surface area contributed by atoms with Gasteiger partial charge in [-0.2, -0.15) is 0 Å². The van der Waals surface area contributed by atoms with Crippen LogP contribution in [0.25, 0.3) is 0 Å². The van der Waals surface area contributed by atoms with Crippen molar-refractivity contribution >= 4 is 17.9 Å². The Kier molecular flexibility index (Phi) is 50.8. The smallest absolute Gasteiger partial charge is 0.309 e. The first-order valence-electron chi connectivity index (χ1n) is 34.8. The molecule has 9 heteroatoms. The Morgan fingerprint density at radius 1 is 0.282 bits per heavy atom. The first-order valence-corrected chi connectivity index (χ1v) is 34.8.